The van der Waals surface area contributed by atoms with Crippen molar-refractivity contribution in [3.05, 3.63) is 46.2 Å². The van der Waals surface area contributed by atoms with Crippen LogP contribution in [0.2, 0.25) is 10.0 Å². The standard InChI is InChI=1S/C20H22Cl2N6O/c1-12(2)19-25-24-17-5-6-18(26-28(17)19)27-9-7-13(8-10-27)20(29)23-16-11-14(21)3-4-15(16)22/h3-6,11-13H,7-10H2,1-2H3,(H,23,29). The number of benzene rings is 1. The van der Waals surface area contributed by atoms with E-state index in [0.29, 0.717) is 15.7 Å². The normalized spacial score (nSPS) is 15.3. The van der Waals surface area contributed by atoms with Gasteiger partial charge < -0.3 is 10.2 Å². The van der Waals surface area contributed by atoms with Gasteiger partial charge in [0, 0.05) is 29.9 Å². The predicted octanol–water partition coefficient (Wildman–Crippen LogP) is 4.41. The number of hydrogen-bond acceptors (Lipinski definition) is 5. The average molecular weight is 433 g/mol. The van der Waals surface area contributed by atoms with Crippen molar-refractivity contribution >= 4 is 46.3 Å². The van der Waals surface area contributed by atoms with Crippen molar-refractivity contribution in [2.24, 2.45) is 5.92 Å². The molecule has 152 valence electrons. The number of halogens is 2. The number of carbonyl (C=O) groups excluding carboxylic acids is 1. The fourth-order valence-corrected chi connectivity index (χ4v) is 3.86. The van der Waals surface area contributed by atoms with Gasteiger partial charge in [-0.05, 0) is 43.2 Å². The molecule has 1 aromatic carbocycles. The van der Waals surface area contributed by atoms with Crippen LogP contribution in [-0.4, -0.2) is 38.8 Å². The smallest absolute Gasteiger partial charge is 0.227 e. The molecular weight excluding hydrogens is 411 g/mol. The summed E-state index contributed by atoms with van der Waals surface area (Å²) in [5, 5.41) is 17.0. The summed E-state index contributed by atoms with van der Waals surface area (Å²) < 4.78 is 1.81. The molecule has 0 saturated carbocycles. The van der Waals surface area contributed by atoms with Crippen LogP contribution in [-0.2, 0) is 4.79 Å². The van der Waals surface area contributed by atoms with Gasteiger partial charge in [-0.15, -0.1) is 15.3 Å². The van der Waals surface area contributed by atoms with Gasteiger partial charge in [-0.2, -0.15) is 4.52 Å². The number of amides is 1. The van der Waals surface area contributed by atoms with E-state index in [4.69, 9.17) is 28.3 Å². The van der Waals surface area contributed by atoms with Crippen molar-refractivity contribution in [3.8, 4) is 0 Å². The zero-order valence-electron chi connectivity index (χ0n) is 16.3. The highest BCUT2D eigenvalue weighted by molar-refractivity contribution is 6.35. The zero-order chi connectivity index (χ0) is 20.5. The highest BCUT2D eigenvalue weighted by Crippen LogP contribution is 2.28. The molecule has 0 spiro atoms. The Morgan fingerprint density at radius 1 is 1.14 bits per heavy atom. The topological polar surface area (TPSA) is 75.4 Å². The van der Waals surface area contributed by atoms with Crippen LogP contribution in [0.4, 0.5) is 11.5 Å². The van der Waals surface area contributed by atoms with Gasteiger partial charge in [-0.25, -0.2) is 0 Å². The van der Waals surface area contributed by atoms with Crippen molar-refractivity contribution in [2.45, 2.75) is 32.6 Å². The van der Waals surface area contributed by atoms with E-state index >= 15 is 0 Å². The molecule has 7 nitrogen and oxygen atoms in total. The molecule has 1 amide bonds. The van der Waals surface area contributed by atoms with Crippen molar-refractivity contribution in [1.29, 1.82) is 0 Å². The van der Waals surface area contributed by atoms with Gasteiger partial charge in [0.25, 0.3) is 0 Å². The maximum Gasteiger partial charge on any atom is 0.227 e. The third kappa shape index (κ3) is 4.16. The van der Waals surface area contributed by atoms with Crippen LogP contribution in [0.3, 0.4) is 0 Å². The maximum absolute atomic E-state index is 12.7. The lowest BCUT2D eigenvalue weighted by atomic mass is 9.96. The van der Waals surface area contributed by atoms with Crippen LogP contribution < -0.4 is 10.2 Å². The summed E-state index contributed by atoms with van der Waals surface area (Å²) in [6.45, 7) is 5.64. The van der Waals surface area contributed by atoms with Crippen molar-refractivity contribution in [3.63, 3.8) is 0 Å². The van der Waals surface area contributed by atoms with Gasteiger partial charge in [0.05, 0.1) is 10.7 Å². The molecule has 1 fully saturated rings. The molecule has 0 atom stereocenters. The van der Waals surface area contributed by atoms with Crippen LogP contribution in [0.1, 0.15) is 38.4 Å². The number of carbonyl (C=O) groups is 1. The van der Waals surface area contributed by atoms with E-state index in [0.717, 1.165) is 43.2 Å². The third-order valence-corrected chi connectivity index (χ3v) is 5.73. The molecule has 0 aliphatic carbocycles. The predicted molar refractivity (Wildman–Crippen MR) is 115 cm³/mol. The highest BCUT2D eigenvalue weighted by atomic mass is 35.5. The minimum absolute atomic E-state index is 0.0295. The Hall–Kier alpha value is -2.38. The minimum atomic E-state index is -0.0776. The monoisotopic (exact) mass is 432 g/mol. The molecule has 29 heavy (non-hydrogen) atoms. The largest absolute Gasteiger partial charge is 0.355 e. The SMILES string of the molecule is CC(C)c1nnc2ccc(N3CCC(C(=O)Nc4cc(Cl)ccc4Cl)CC3)nn12. The van der Waals surface area contributed by atoms with Gasteiger partial charge in [0.1, 0.15) is 5.82 Å². The first-order chi connectivity index (χ1) is 13.9. The molecule has 1 aliphatic heterocycles. The first-order valence-electron chi connectivity index (χ1n) is 9.65. The lowest BCUT2D eigenvalue weighted by Gasteiger charge is -2.32. The maximum atomic E-state index is 12.7. The van der Waals surface area contributed by atoms with Gasteiger partial charge >= 0.3 is 0 Å². The Bertz CT molecular complexity index is 1040. The number of nitrogens with zero attached hydrogens (tertiary/aromatic N) is 5. The van der Waals surface area contributed by atoms with Crippen LogP contribution >= 0.6 is 23.2 Å². The molecule has 0 bridgehead atoms. The van der Waals surface area contributed by atoms with Crippen LogP contribution in [0.5, 0.6) is 0 Å². The zero-order valence-corrected chi connectivity index (χ0v) is 17.8. The van der Waals surface area contributed by atoms with Crippen LogP contribution in [0.15, 0.2) is 30.3 Å². The van der Waals surface area contributed by atoms with Crippen LogP contribution in [0.25, 0.3) is 5.65 Å². The molecule has 3 heterocycles. The fraction of sp³-hybridized carbons (Fsp3) is 0.400. The molecule has 9 heteroatoms. The lowest BCUT2D eigenvalue weighted by Crippen LogP contribution is -2.38. The Morgan fingerprint density at radius 3 is 2.62 bits per heavy atom. The van der Waals surface area contributed by atoms with Gasteiger partial charge in [-0.3, -0.25) is 4.79 Å². The van der Waals surface area contributed by atoms with E-state index in [1.807, 2.05) is 12.1 Å². The van der Waals surface area contributed by atoms with E-state index in [1.165, 1.54) is 0 Å². The Morgan fingerprint density at radius 2 is 1.90 bits per heavy atom. The lowest BCUT2D eigenvalue weighted by molar-refractivity contribution is -0.120. The second-order valence-electron chi connectivity index (χ2n) is 7.55. The number of rotatable bonds is 4. The van der Waals surface area contributed by atoms with E-state index in [2.05, 4.69) is 34.3 Å². The first kappa shape index (κ1) is 19.9. The summed E-state index contributed by atoms with van der Waals surface area (Å²) in [5.74, 6) is 1.84. The highest BCUT2D eigenvalue weighted by Gasteiger charge is 2.26. The molecule has 1 saturated heterocycles. The second kappa shape index (κ2) is 8.16. The van der Waals surface area contributed by atoms with Crippen molar-refractivity contribution in [2.75, 3.05) is 23.3 Å². The molecule has 1 aliphatic rings. The average Bonchev–Trinajstić information content (AvgIpc) is 3.14. The molecule has 4 rings (SSSR count). The number of hydrogen-bond donors (Lipinski definition) is 1. The Balaban J connectivity index is 1.42. The number of fused-ring (bicyclic) bond motifs is 1. The third-order valence-electron chi connectivity index (χ3n) is 5.17. The second-order valence-corrected chi connectivity index (χ2v) is 8.39. The summed E-state index contributed by atoms with van der Waals surface area (Å²) in [6.07, 6.45) is 1.48. The van der Waals surface area contributed by atoms with E-state index in [1.54, 1.807) is 22.7 Å². The Labute approximate surface area is 179 Å². The van der Waals surface area contributed by atoms with E-state index in [-0.39, 0.29) is 17.7 Å². The first-order valence-corrected chi connectivity index (χ1v) is 10.4. The molecule has 0 unspecified atom stereocenters. The number of anilines is 2. The fourth-order valence-electron chi connectivity index (χ4n) is 3.52. The summed E-state index contributed by atoms with van der Waals surface area (Å²) in [4.78, 5) is 14.9. The molecule has 1 N–H and O–H groups in total. The quantitative estimate of drug-likeness (QED) is 0.660. The Kier molecular flexibility index (Phi) is 5.61. The summed E-state index contributed by atoms with van der Waals surface area (Å²) >= 11 is 12.2. The molecule has 0 radical (unpaired) electrons. The van der Waals surface area contributed by atoms with Gasteiger partial charge in [0.15, 0.2) is 11.5 Å². The van der Waals surface area contributed by atoms with E-state index in [9.17, 15) is 4.79 Å². The number of aromatic nitrogens is 4. The number of piperidine rings is 1. The molecule has 3 aromatic rings. The molecular formula is C20H22Cl2N6O. The van der Waals surface area contributed by atoms with Gasteiger partial charge in [-0.1, -0.05) is 37.0 Å². The van der Waals surface area contributed by atoms with Gasteiger partial charge in [0.2, 0.25) is 5.91 Å². The minimum Gasteiger partial charge on any atom is -0.355 e. The summed E-state index contributed by atoms with van der Waals surface area (Å²) in [6, 6.07) is 8.94. The van der Waals surface area contributed by atoms with Crippen molar-refractivity contribution in [1.82, 2.24) is 19.8 Å². The molecule has 2 aromatic heterocycles. The summed E-state index contributed by atoms with van der Waals surface area (Å²) in [5.41, 5.74) is 1.29. The summed E-state index contributed by atoms with van der Waals surface area (Å²) in [7, 11) is 0. The number of nitrogens with one attached hydrogen (secondary N) is 1. The van der Waals surface area contributed by atoms with Crippen molar-refractivity contribution < 1.29 is 4.79 Å². The van der Waals surface area contributed by atoms with Crippen LogP contribution in [0, 0.1) is 5.92 Å². The van der Waals surface area contributed by atoms with E-state index < -0.39 is 0 Å².